The molecule has 1 aliphatic rings. The first kappa shape index (κ1) is 21.0. The lowest BCUT2D eigenvalue weighted by atomic mass is 10.1. The Bertz CT molecular complexity index is 1620. The van der Waals surface area contributed by atoms with Gasteiger partial charge in [-0.3, -0.25) is 9.59 Å². The van der Waals surface area contributed by atoms with Gasteiger partial charge in [0.05, 0.1) is 16.6 Å². The van der Waals surface area contributed by atoms with E-state index in [2.05, 4.69) is 15.3 Å². The number of hydrogen-bond donors (Lipinski definition) is 1. The lowest BCUT2D eigenvalue weighted by Gasteiger charge is -2.36. The maximum Gasteiger partial charge on any atom is 0.281 e. The van der Waals surface area contributed by atoms with E-state index in [9.17, 15) is 14.0 Å². The number of rotatable bonds is 3. The number of carbonyl (C=O) groups is 1. The summed E-state index contributed by atoms with van der Waals surface area (Å²) in [6.45, 7) is 2.02. The van der Waals surface area contributed by atoms with Crippen molar-refractivity contribution in [2.75, 3.05) is 31.1 Å². The van der Waals surface area contributed by atoms with Crippen LogP contribution in [0.25, 0.3) is 27.8 Å². The van der Waals surface area contributed by atoms with Crippen LogP contribution >= 0.6 is 0 Å². The lowest BCUT2D eigenvalue weighted by Crippen LogP contribution is -2.49. The van der Waals surface area contributed by atoms with Crippen LogP contribution in [0.15, 0.2) is 77.6 Å². The molecule has 6 rings (SSSR count). The number of para-hydroxylation sites is 1. The summed E-state index contributed by atoms with van der Waals surface area (Å²) in [6.07, 6.45) is 0. The van der Waals surface area contributed by atoms with Gasteiger partial charge in [0.1, 0.15) is 11.5 Å². The van der Waals surface area contributed by atoms with Gasteiger partial charge in [0.25, 0.3) is 11.5 Å². The van der Waals surface area contributed by atoms with Crippen LogP contribution in [0.5, 0.6) is 0 Å². The molecule has 0 atom stereocenters. The zero-order valence-corrected chi connectivity index (χ0v) is 18.7. The van der Waals surface area contributed by atoms with Gasteiger partial charge in [-0.05, 0) is 30.3 Å². The third kappa shape index (κ3) is 3.61. The summed E-state index contributed by atoms with van der Waals surface area (Å²) in [4.78, 5) is 34.0. The van der Waals surface area contributed by atoms with Crippen LogP contribution in [0.2, 0.25) is 0 Å². The molecule has 0 saturated carbocycles. The first-order valence-electron chi connectivity index (χ1n) is 11.4. The largest absolute Gasteiger partial charge is 0.366 e. The van der Waals surface area contributed by atoms with E-state index in [1.165, 1.54) is 6.07 Å². The number of amides is 1. The van der Waals surface area contributed by atoms with E-state index < -0.39 is 0 Å². The van der Waals surface area contributed by atoms with Crippen LogP contribution in [0.1, 0.15) is 10.4 Å². The van der Waals surface area contributed by atoms with Crippen molar-refractivity contribution in [1.82, 2.24) is 24.7 Å². The molecule has 2 aromatic heterocycles. The first-order valence-corrected chi connectivity index (χ1v) is 11.4. The van der Waals surface area contributed by atoms with Gasteiger partial charge in [-0.1, -0.05) is 42.5 Å². The Morgan fingerprint density at radius 3 is 2.43 bits per heavy atom. The fourth-order valence-corrected chi connectivity index (χ4v) is 4.59. The summed E-state index contributed by atoms with van der Waals surface area (Å²) in [5.74, 6) is -0.403. The molecule has 3 aromatic carbocycles. The molecule has 0 aliphatic carbocycles. The minimum atomic E-state index is -0.379. The Morgan fingerprint density at radius 1 is 0.914 bits per heavy atom. The van der Waals surface area contributed by atoms with Crippen molar-refractivity contribution in [3.05, 3.63) is 94.5 Å². The standard InChI is InChI=1S/C26H21FN6O2/c27-20-8-4-5-9-21(20)31-12-14-32(15-13-31)26(35)18-10-11-19-22(16-18)33-24(28-25(19)34)23(29-30-33)17-6-2-1-3-7-17/h1-11,16,30H,12-15H2. The monoisotopic (exact) mass is 468 g/mol. The number of aromatic nitrogens is 4. The molecular formula is C26H21FN6O2. The van der Waals surface area contributed by atoms with E-state index in [1.807, 2.05) is 35.2 Å². The second kappa shape index (κ2) is 8.35. The number of piperazine rings is 1. The number of benzene rings is 3. The van der Waals surface area contributed by atoms with Crippen LogP contribution in [-0.2, 0) is 0 Å². The zero-order chi connectivity index (χ0) is 23.9. The fourth-order valence-electron chi connectivity index (χ4n) is 4.59. The second-order valence-corrected chi connectivity index (χ2v) is 8.46. The zero-order valence-electron chi connectivity index (χ0n) is 18.7. The van der Waals surface area contributed by atoms with E-state index in [0.29, 0.717) is 59.7 Å². The number of aromatic amines is 1. The highest BCUT2D eigenvalue weighted by atomic mass is 19.1. The molecule has 1 amide bonds. The third-order valence-electron chi connectivity index (χ3n) is 6.42. The SMILES string of the molecule is O=C(c1ccc2c(=O)nc3c(-c4ccccc4)n[nH]n3c2c1)N1CCN(c2ccccc2F)CC1. The Kier molecular flexibility index (Phi) is 5.02. The van der Waals surface area contributed by atoms with E-state index >= 15 is 0 Å². The van der Waals surface area contributed by atoms with Crippen LogP contribution in [-0.4, -0.2) is 56.8 Å². The molecular weight excluding hydrogens is 447 g/mol. The molecule has 0 radical (unpaired) electrons. The molecule has 1 saturated heterocycles. The van der Waals surface area contributed by atoms with Crippen molar-refractivity contribution in [2.24, 2.45) is 0 Å². The highest BCUT2D eigenvalue weighted by Gasteiger charge is 2.24. The normalized spacial score (nSPS) is 14.1. The Morgan fingerprint density at radius 2 is 1.66 bits per heavy atom. The quantitative estimate of drug-likeness (QED) is 0.439. The van der Waals surface area contributed by atoms with Crippen molar-refractivity contribution in [3.63, 3.8) is 0 Å². The smallest absolute Gasteiger partial charge is 0.281 e. The summed E-state index contributed by atoms with van der Waals surface area (Å²) in [5.41, 5.74) is 2.96. The molecule has 1 N–H and O–H groups in total. The van der Waals surface area contributed by atoms with E-state index in [0.717, 1.165) is 5.56 Å². The van der Waals surface area contributed by atoms with Crippen molar-refractivity contribution >= 4 is 28.1 Å². The van der Waals surface area contributed by atoms with Gasteiger partial charge in [-0.15, -0.1) is 0 Å². The molecule has 8 nitrogen and oxygen atoms in total. The number of hydrogen-bond acceptors (Lipinski definition) is 5. The molecule has 9 heteroatoms. The molecule has 0 spiro atoms. The highest BCUT2D eigenvalue weighted by Crippen LogP contribution is 2.24. The number of H-pyrrole nitrogens is 1. The van der Waals surface area contributed by atoms with Gasteiger partial charge < -0.3 is 9.80 Å². The first-order chi connectivity index (χ1) is 17.1. The Hall–Kier alpha value is -4.53. The van der Waals surface area contributed by atoms with Crippen LogP contribution < -0.4 is 10.5 Å². The van der Waals surface area contributed by atoms with Gasteiger partial charge in [0, 0.05) is 37.3 Å². The molecule has 1 fully saturated rings. The number of carbonyl (C=O) groups excluding carboxylic acids is 1. The predicted octanol–water partition coefficient (Wildman–Crippen LogP) is 3.34. The molecule has 35 heavy (non-hydrogen) atoms. The fraction of sp³-hybridized carbons (Fsp3) is 0.154. The van der Waals surface area contributed by atoms with Gasteiger partial charge in [-0.25, -0.2) is 14.1 Å². The van der Waals surface area contributed by atoms with Gasteiger partial charge in [-0.2, -0.15) is 10.1 Å². The maximum atomic E-state index is 14.2. The summed E-state index contributed by atoms with van der Waals surface area (Å²) in [5, 5.41) is 7.70. The number of fused-ring (bicyclic) bond motifs is 3. The van der Waals surface area contributed by atoms with Crippen molar-refractivity contribution in [3.8, 4) is 11.3 Å². The van der Waals surface area contributed by atoms with Crippen LogP contribution in [0.4, 0.5) is 10.1 Å². The van der Waals surface area contributed by atoms with Crippen molar-refractivity contribution in [1.29, 1.82) is 0 Å². The summed E-state index contributed by atoms with van der Waals surface area (Å²) < 4.78 is 15.8. The molecule has 0 unspecified atom stereocenters. The van der Waals surface area contributed by atoms with E-state index in [4.69, 9.17) is 0 Å². The molecule has 3 heterocycles. The van der Waals surface area contributed by atoms with Gasteiger partial charge in [0.2, 0.25) is 0 Å². The van der Waals surface area contributed by atoms with Crippen molar-refractivity contribution < 1.29 is 9.18 Å². The predicted molar refractivity (Wildman–Crippen MR) is 131 cm³/mol. The minimum Gasteiger partial charge on any atom is -0.366 e. The summed E-state index contributed by atoms with van der Waals surface area (Å²) >= 11 is 0. The van der Waals surface area contributed by atoms with Crippen LogP contribution in [0, 0.1) is 5.82 Å². The minimum absolute atomic E-state index is 0.138. The van der Waals surface area contributed by atoms with Crippen molar-refractivity contribution in [2.45, 2.75) is 0 Å². The molecule has 174 valence electrons. The third-order valence-corrected chi connectivity index (χ3v) is 6.42. The number of anilines is 1. The Balaban J connectivity index is 1.32. The molecule has 0 bridgehead atoms. The Labute approximate surface area is 199 Å². The number of halogens is 1. The topological polar surface area (TPSA) is 86.6 Å². The number of nitrogens with zero attached hydrogens (tertiary/aromatic N) is 5. The molecule has 5 aromatic rings. The van der Waals surface area contributed by atoms with Crippen LogP contribution in [0.3, 0.4) is 0 Å². The summed E-state index contributed by atoms with van der Waals surface area (Å²) in [6, 6.07) is 21.1. The van der Waals surface area contributed by atoms with Gasteiger partial charge >= 0.3 is 0 Å². The lowest BCUT2D eigenvalue weighted by molar-refractivity contribution is 0.0747. The molecule has 1 aliphatic heterocycles. The summed E-state index contributed by atoms with van der Waals surface area (Å²) in [7, 11) is 0. The average molecular weight is 468 g/mol. The second-order valence-electron chi connectivity index (χ2n) is 8.46. The van der Waals surface area contributed by atoms with Gasteiger partial charge in [0.15, 0.2) is 5.65 Å². The maximum absolute atomic E-state index is 14.2. The van der Waals surface area contributed by atoms with E-state index in [-0.39, 0.29) is 17.3 Å². The number of nitrogens with one attached hydrogen (secondary N) is 1. The highest BCUT2D eigenvalue weighted by molar-refractivity contribution is 5.98. The van der Waals surface area contributed by atoms with E-state index in [1.54, 1.807) is 45.8 Å². The average Bonchev–Trinajstić information content (AvgIpc) is 3.33.